The van der Waals surface area contributed by atoms with E-state index in [0.29, 0.717) is 23.4 Å². The molecule has 120 valence electrons. The van der Waals surface area contributed by atoms with Crippen molar-refractivity contribution < 1.29 is 18.6 Å². The molecule has 1 N–H and O–H groups in total. The highest BCUT2D eigenvalue weighted by molar-refractivity contribution is 5.92. The lowest BCUT2D eigenvalue weighted by atomic mass is 10.1. The fourth-order valence-electron chi connectivity index (χ4n) is 1.88. The van der Waals surface area contributed by atoms with Gasteiger partial charge in [0.05, 0.1) is 0 Å². The van der Waals surface area contributed by atoms with Gasteiger partial charge in [-0.05, 0) is 12.8 Å². The molecule has 0 aromatic carbocycles. The number of carbonyl (C=O) groups is 1. The summed E-state index contributed by atoms with van der Waals surface area (Å²) in [6, 6.07) is 1.21. The van der Waals surface area contributed by atoms with Crippen LogP contribution in [-0.4, -0.2) is 28.3 Å². The zero-order valence-corrected chi connectivity index (χ0v) is 13.1. The molecule has 8 heteroatoms. The molecule has 1 amide bonds. The van der Waals surface area contributed by atoms with Gasteiger partial charge in [0, 0.05) is 19.6 Å². The molecule has 0 saturated carbocycles. The van der Waals surface area contributed by atoms with Crippen LogP contribution in [0.15, 0.2) is 15.1 Å². The van der Waals surface area contributed by atoms with Gasteiger partial charge in [-0.3, -0.25) is 4.79 Å². The van der Waals surface area contributed by atoms with Crippen LogP contribution >= 0.6 is 0 Å². The first-order valence-electron chi connectivity index (χ1n) is 7.07. The topological polar surface area (TPSA) is 103 Å². The molecule has 8 nitrogen and oxygen atoms in total. The van der Waals surface area contributed by atoms with Crippen molar-refractivity contribution in [3.05, 3.63) is 29.2 Å². The molecule has 22 heavy (non-hydrogen) atoms. The first-order chi connectivity index (χ1) is 10.5. The summed E-state index contributed by atoms with van der Waals surface area (Å²) in [5.41, 5.74) is 0.235. The Kier molecular flexibility index (Phi) is 5.26. The van der Waals surface area contributed by atoms with Gasteiger partial charge in [0.2, 0.25) is 5.89 Å². The molecule has 1 unspecified atom stereocenters. The molecule has 0 aliphatic heterocycles. The van der Waals surface area contributed by atoms with Gasteiger partial charge in [-0.25, -0.2) is 0 Å². The summed E-state index contributed by atoms with van der Waals surface area (Å²) in [5, 5.41) is 10.3. The van der Waals surface area contributed by atoms with E-state index in [2.05, 4.69) is 34.5 Å². The highest BCUT2D eigenvalue weighted by Crippen LogP contribution is 2.13. The van der Waals surface area contributed by atoms with Gasteiger partial charge in [0.15, 0.2) is 11.5 Å². The Labute approximate surface area is 128 Å². The third-order valence-corrected chi connectivity index (χ3v) is 2.88. The molecule has 2 aromatic heterocycles. The van der Waals surface area contributed by atoms with E-state index in [-0.39, 0.29) is 18.2 Å². The third-order valence-electron chi connectivity index (χ3n) is 2.88. The quantitative estimate of drug-likeness (QED) is 0.833. The minimum Gasteiger partial charge on any atom is -0.377 e. The molecule has 0 aliphatic rings. The van der Waals surface area contributed by atoms with Crippen LogP contribution in [-0.2, 0) is 17.8 Å². The molecule has 0 saturated heterocycles. The van der Waals surface area contributed by atoms with Gasteiger partial charge in [0.25, 0.3) is 5.91 Å². The number of rotatable bonds is 7. The van der Waals surface area contributed by atoms with E-state index >= 15 is 0 Å². The van der Waals surface area contributed by atoms with Gasteiger partial charge in [-0.15, -0.1) is 0 Å². The highest BCUT2D eigenvalue weighted by atomic mass is 16.5. The molecular weight excluding hydrogens is 288 g/mol. The lowest BCUT2D eigenvalue weighted by Crippen LogP contribution is -2.27. The summed E-state index contributed by atoms with van der Waals surface area (Å²) in [7, 11) is 1.54. The molecule has 0 bridgehead atoms. The Hall–Kier alpha value is -2.22. The minimum atomic E-state index is -0.434. The summed E-state index contributed by atoms with van der Waals surface area (Å²) in [6.07, 6.45) is 0.736. The first kappa shape index (κ1) is 16.2. The monoisotopic (exact) mass is 308 g/mol. The van der Waals surface area contributed by atoms with Crippen molar-refractivity contribution in [1.82, 2.24) is 20.6 Å². The molecule has 2 aromatic rings. The van der Waals surface area contributed by atoms with E-state index in [1.54, 1.807) is 20.1 Å². The second-order valence-corrected chi connectivity index (χ2v) is 5.45. The Morgan fingerprint density at radius 1 is 1.32 bits per heavy atom. The average molecular weight is 308 g/mol. The standard InChI is InChI=1S/C14H20N4O4/c1-8(2)5-10-6-11(17-21-10)13(19)15-9(3)14-16-12(7-20-4)18-22-14/h6,8-9H,5,7H2,1-4H3,(H,15,19). The van der Waals surface area contributed by atoms with Crippen LogP contribution in [0.2, 0.25) is 0 Å². The van der Waals surface area contributed by atoms with Crippen LogP contribution in [0.25, 0.3) is 0 Å². The number of aromatic nitrogens is 3. The molecule has 2 rings (SSSR count). The first-order valence-corrected chi connectivity index (χ1v) is 7.07. The second kappa shape index (κ2) is 7.17. The summed E-state index contributed by atoms with van der Waals surface area (Å²) in [5.74, 6) is 1.51. The SMILES string of the molecule is COCc1noc(C(C)NC(=O)c2cc(CC(C)C)on2)n1. The number of methoxy groups -OCH3 is 1. The summed E-state index contributed by atoms with van der Waals surface area (Å²) in [4.78, 5) is 16.2. The van der Waals surface area contributed by atoms with E-state index in [9.17, 15) is 4.79 Å². The number of nitrogens with one attached hydrogen (secondary N) is 1. The summed E-state index contributed by atoms with van der Waals surface area (Å²) in [6.45, 7) is 6.14. The largest absolute Gasteiger partial charge is 0.377 e. The molecule has 0 radical (unpaired) electrons. The normalized spacial score (nSPS) is 12.6. The maximum atomic E-state index is 12.1. The summed E-state index contributed by atoms with van der Waals surface area (Å²) < 4.78 is 15.1. The molecule has 0 fully saturated rings. The van der Waals surface area contributed by atoms with Gasteiger partial charge >= 0.3 is 0 Å². The maximum Gasteiger partial charge on any atom is 0.274 e. The molecular formula is C14H20N4O4. The van der Waals surface area contributed by atoms with Gasteiger partial charge < -0.3 is 19.1 Å². The molecule has 0 aliphatic carbocycles. The zero-order valence-electron chi connectivity index (χ0n) is 13.1. The molecule has 2 heterocycles. The van der Waals surface area contributed by atoms with Crippen molar-refractivity contribution in [1.29, 1.82) is 0 Å². The van der Waals surface area contributed by atoms with Gasteiger partial charge in [0.1, 0.15) is 18.4 Å². The molecule has 1 atom stereocenters. The van der Waals surface area contributed by atoms with Crippen molar-refractivity contribution in [3.8, 4) is 0 Å². The number of hydrogen-bond donors (Lipinski definition) is 1. The van der Waals surface area contributed by atoms with Crippen molar-refractivity contribution in [3.63, 3.8) is 0 Å². The van der Waals surface area contributed by atoms with Crippen LogP contribution < -0.4 is 5.32 Å². The van der Waals surface area contributed by atoms with Crippen LogP contribution in [0, 0.1) is 5.92 Å². The zero-order chi connectivity index (χ0) is 16.1. The van der Waals surface area contributed by atoms with Crippen molar-refractivity contribution in [2.45, 2.75) is 39.8 Å². The van der Waals surface area contributed by atoms with Crippen molar-refractivity contribution >= 4 is 5.91 Å². The lowest BCUT2D eigenvalue weighted by molar-refractivity contribution is 0.0923. The van der Waals surface area contributed by atoms with Crippen LogP contribution in [0.5, 0.6) is 0 Å². The van der Waals surface area contributed by atoms with E-state index in [1.807, 2.05) is 0 Å². The minimum absolute atomic E-state index is 0.235. The average Bonchev–Trinajstić information content (AvgIpc) is 3.08. The van der Waals surface area contributed by atoms with Crippen molar-refractivity contribution in [2.75, 3.05) is 7.11 Å². The fourth-order valence-corrected chi connectivity index (χ4v) is 1.88. The predicted octanol–water partition coefficient (Wildman–Crippen LogP) is 1.89. The highest BCUT2D eigenvalue weighted by Gasteiger charge is 2.20. The second-order valence-electron chi connectivity index (χ2n) is 5.45. The number of ether oxygens (including phenoxy) is 1. The molecule has 0 spiro atoms. The number of carbonyl (C=O) groups excluding carboxylic acids is 1. The van der Waals surface area contributed by atoms with E-state index in [4.69, 9.17) is 13.8 Å². The smallest absolute Gasteiger partial charge is 0.274 e. The number of nitrogens with zero attached hydrogens (tertiary/aromatic N) is 3. The Morgan fingerprint density at radius 2 is 2.09 bits per heavy atom. The van der Waals surface area contributed by atoms with Gasteiger partial charge in [-0.1, -0.05) is 24.2 Å². The van der Waals surface area contributed by atoms with Crippen LogP contribution in [0.4, 0.5) is 0 Å². The van der Waals surface area contributed by atoms with E-state index in [0.717, 1.165) is 6.42 Å². The number of amides is 1. The lowest BCUT2D eigenvalue weighted by Gasteiger charge is -2.07. The van der Waals surface area contributed by atoms with E-state index < -0.39 is 6.04 Å². The van der Waals surface area contributed by atoms with Crippen LogP contribution in [0.3, 0.4) is 0 Å². The van der Waals surface area contributed by atoms with Crippen LogP contribution in [0.1, 0.15) is 54.8 Å². The Bertz CT molecular complexity index is 620. The van der Waals surface area contributed by atoms with E-state index in [1.165, 1.54) is 0 Å². The number of hydrogen-bond acceptors (Lipinski definition) is 7. The summed E-state index contributed by atoms with van der Waals surface area (Å²) >= 11 is 0. The Balaban J connectivity index is 1.96. The Morgan fingerprint density at radius 3 is 2.77 bits per heavy atom. The third kappa shape index (κ3) is 4.14. The van der Waals surface area contributed by atoms with Gasteiger partial charge in [-0.2, -0.15) is 4.98 Å². The van der Waals surface area contributed by atoms with Crippen molar-refractivity contribution in [2.24, 2.45) is 5.92 Å². The maximum absolute atomic E-state index is 12.1. The predicted molar refractivity (Wildman–Crippen MR) is 75.9 cm³/mol. The fraction of sp³-hybridized carbons (Fsp3) is 0.571.